The van der Waals surface area contributed by atoms with Gasteiger partial charge in [-0.3, -0.25) is 9.69 Å². The third-order valence-corrected chi connectivity index (χ3v) is 7.11. The van der Waals surface area contributed by atoms with E-state index in [-0.39, 0.29) is 5.92 Å². The third-order valence-electron chi connectivity index (χ3n) is 7.11. The van der Waals surface area contributed by atoms with Gasteiger partial charge in [0.15, 0.2) is 0 Å². The van der Waals surface area contributed by atoms with E-state index >= 15 is 0 Å². The van der Waals surface area contributed by atoms with Gasteiger partial charge in [-0.2, -0.15) is 0 Å². The predicted molar refractivity (Wildman–Crippen MR) is 105 cm³/mol. The Morgan fingerprint density at radius 3 is 2.31 bits per heavy atom. The Kier molecular flexibility index (Phi) is 4.39. The first-order valence-electron chi connectivity index (χ1n) is 10.7. The number of carbonyl (C=O) groups excluding carboxylic acids is 1. The molecular weight excluding hydrogens is 322 g/mol. The first-order valence-corrected chi connectivity index (χ1v) is 10.7. The van der Waals surface area contributed by atoms with Crippen LogP contribution >= 0.6 is 0 Å². The van der Waals surface area contributed by atoms with Gasteiger partial charge in [-0.1, -0.05) is 24.6 Å². The molecule has 5 rings (SSSR count). The molecule has 0 bridgehead atoms. The summed E-state index contributed by atoms with van der Waals surface area (Å²) in [6.07, 6.45) is 7.77. The van der Waals surface area contributed by atoms with E-state index in [9.17, 15) is 4.79 Å². The minimum absolute atomic E-state index is 0.231. The van der Waals surface area contributed by atoms with E-state index in [1.807, 2.05) is 0 Å². The van der Waals surface area contributed by atoms with Crippen molar-refractivity contribution in [2.75, 3.05) is 44.2 Å². The average molecular weight is 354 g/mol. The minimum atomic E-state index is 0.231. The van der Waals surface area contributed by atoms with Crippen LogP contribution in [0.3, 0.4) is 0 Å². The van der Waals surface area contributed by atoms with E-state index in [0.29, 0.717) is 11.8 Å². The van der Waals surface area contributed by atoms with E-state index in [2.05, 4.69) is 39.0 Å². The fourth-order valence-electron chi connectivity index (χ4n) is 5.15. The third kappa shape index (κ3) is 3.02. The number of rotatable bonds is 4. The van der Waals surface area contributed by atoms with E-state index in [0.717, 1.165) is 38.6 Å². The molecule has 1 aromatic rings. The minimum Gasteiger partial charge on any atom is -0.371 e. The number of hydrogen-bond donors (Lipinski definition) is 0. The first-order chi connectivity index (χ1) is 12.8. The normalized spacial score (nSPS) is 29.7. The van der Waals surface area contributed by atoms with E-state index in [4.69, 9.17) is 0 Å². The van der Waals surface area contributed by atoms with Crippen LogP contribution < -0.4 is 4.90 Å². The highest BCUT2D eigenvalue weighted by Gasteiger charge is 2.47. The monoisotopic (exact) mass is 353 g/mol. The Morgan fingerprint density at radius 2 is 1.62 bits per heavy atom. The van der Waals surface area contributed by atoms with Crippen LogP contribution in [0.5, 0.6) is 0 Å². The van der Waals surface area contributed by atoms with Crippen LogP contribution in [0.25, 0.3) is 0 Å². The number of hydrogen-bond acceptors (Lipinski definition) is 3. The molecule has 140 valence electrons. The van der Waals surface area contributed by atoms with E-state index in [1.54, 1.807) is 0 Å². The fourth-order valence-corrected chi connectivity index (χ4v) is 5.15. The second kappa shape index (κ2) is 6.88. The van der Waals surface area contributed by atoms with Crippen molar-refractivity contribution >= 4 is 11.6 Å². The highest BCUT2D eigenvalue weighted by molar-refractivity contribution is 5.84. The molecule has 0 spiro atoms. The lowest BCUT2D eigenvalue weighted by Gasteiger charge is -2.43. The van der Waals surface area contributed by atoms with Gasteiger partial charge in [0.1, 0.15) is 0 Å². The van der Waals surface area contributed by atoms with Crippen LogP contribution in [0.4, 0.5) is 5.69 Å². The van der Waals surface area contributed by atoms with Gasteiger partial charge >= 0.3 is 0 Å². The van der Waals surface area contributed by atoms with Crippen molar-refractivity contribution in [2.24, 2.45) is 5.92 Å². The van der Waals surface area contributed by atoms with Crippen molar-refractivity contribution < 1.29 is 4.79 Å². The fraction of sp³-hybridized carbons (Fsp3) is 0.682. The lowest BCUT2D eigenvalue weighted by atomic mass is 9.91. The molecule has 0 radical (unpaired) electrons. The molecular formula is C22H31N3O. The Labute approximate surface area is 157 Å². The van der Waals surface area contributed by atoms with Gasteiger partial charge in [0.05, 0.1) is 0 Å². The van der Waals surface area contributed by atoms with Crippen LogP contribution in [0.1, 0.15) is 50.0 Å². The number of nitrogens with zero attached hydrogens (tertiary/aromatic N) is 3. The molecule has 2 heterocycles. The van der Waals surface area contributed by atoms with E-state index < -0.39 is 0 Å². The predicted octanol–water partition coefficient (Wildman–Crippen LogP) is 3.09. The summed E-state index contributed by atoms with van der Waals surface area (Å²) in [6, 6.07) is 9.63. The average Bonchev–Trinajstić information content (AvgIpc) is 3.24. The molecule has 2 aliphatic heterocycles. The molecule has 4 aliphatic rings. The molecule has 2 atom stereocenters. The quantitative estimate of drug-likeness (QED) is 0.832. The maximum absolute atomic E-state index is 13.0. The molecule has 2 saturated heterocycles. The number of anilines is 1. The van der Waals surface area contributed by atoms with Gasteiger partial charge in [0.25, 0.3) is 0 Å². The van der Waals surface area contributed by atoms with Gasteiger partial charge < -0.3 is 9.80 Å². The Bertz CT molecular complexity index is 657. The molecule has 2 saturated carbocycles. The van der Waals surface area contributed by atoms with Gasteiger partial charge in [-0.05, 0) is 49.7 Å². The molecule has 4 heteroatoms. The molecule has 4 fully saturated rings. The Hall–Kier alpha value is -1.55. The largest absolute Gasteiger partial charge is 0.371 e. The zero-order valence-electron chi connectivity index (χ0n) is 15.8. The van der Waals surface area contributed by atoms with Crippen molar-refractivity contribution in [3.63, 3.8) is 0 Å². The molecule has 2 aliphatic carbocycles. The van der Waals surface area contributed by atoms with Crippen LogP contribution in [-0.4, -0.2) is 61.0 Å². The summed E-state index contributed by atoms with van der Waals surface area (Å²) in [5.74, 6) is 1.09. The lowest BCUT2D eigenvalue weighted by molar-refractivity contribution is -0.135. The number of carbonyl (C=O) groups is 1. The second-order valence-electron chi connectivity index (χ2n) is 8.65. The standard InChI is InChI=1S/C22H31N3O/c26-22(25-14-12-23(13-15-25)17-6-5-7-17)20-16-19(20)18-8-1-2-9-21(18)24-10-3-4-11-24/h1-2,8-9,17,19-20H,3-7,10-16H2/t19-,20+/m0/s1. The first kappa shape index (κ1) is 16.6. The summed E-state index contributed by atoms with van der Waals surface area (Å²) in [7, 11) is 0. The summed E-state index contributed by atoms with van der Waals surface area (Å²) < 4.78 is 0. The zero-order chi connectivity index (χ0) is 17.5. The van der Waals surface area contributed by atoms with E-state index in [1.165, 1.54) is 56.4 Å². The molecule has 0 aromatic heterocycles. The summed E-state index contributed by atoms with van der Waals surface area (Å²) in [5, 5.41) is 0. The molecule has 4 nitrogen and oxygen atoms in total. The van der Waals surface area contributed by atoms with Crippen molar-refractivity contribution in [1.82, 2.24) is 9.80 Å². The summed E-state index contributed by atoms with van der Waals surface area (Å²) in [4.78, 5) is 20.3. The lowest BCUT2D eigenvalue weighted by Crippen LogP contribution is -2.53. The highest BCUT2D eigenvalue weighted by Crippen LogP contribution is 2.51. The number of benzene rings is 1. The summed E-state index contributed by atoms with van der Waals surface area (Å²) in [6.45, 7) is 6.38. The van der Waals surface area contributed by atoms with Crippen molar-refractivity contribution in [3.8, 4) is 0 Å². The topological polar surface area (TPSA) is 26.8 Å². The van der Waals surface area contributed by atoms with Gasteiger partial charge in [0.2, 0.25) is 5.91 Å². The molecule has 1 aromatic carbocycles. The van der Waals surface area contributed by atoms with Gasteiger partial charge in [-0.15, -0.1) is 0 Å². The van der Waals surface area contributed by atoms with Gasteiger partial charge in [-0.25, -0.2) is 0 Å². The van der Waals surface area contributed by atoms with Crippen LogP contribution in [0, 0.1) is 5.92 Å². The molecule has 1 amide bonds. The van der Waals surface area contributed by atoms with Crippen LogP contribution in [0.2, 0.25) is 0 Å². The Balaban J connectivity index is 1.21. The summed E-state index contributed by atoms with van der Waals surface area (Å²) >= 11 is 0. The smallest absolute Gasteiger partial charge is 0.226 e. The highest BCUT2D eigenvalue weighted by atomic mass is 16.2. The molecule has 0 unspecified atom stereocenters. The zero-order valence-corrected chi connectivity index (χ0v) is 15.8. The molecule has 0 N–H and O–H groups in total. The maximum Gasteiger partial charge on any atom is 0.226 e. The van der Waals surface area contributed by atoms with Crippen LogP contribution in [-0.2, 0) is 4.79 Å². The number of amides is 1. The SMILES string of the molecule is O=C([C@@H]1C[C@H]1c1ccccc1N1CCCC1)N1CCN(C2CCC2)CC1. The van der Waals surface area contributed by atoms with Crippen LogP contribution in [0.15, 0.2) is 24.3 Å². The van der Waals surface area contributed by atoms with Crippen molar-refractivity contribution in [1.29, 1.82) is 0 Å². The Morgan fingerprint density at radius 1 is 0.885 bits per heavy atom. The number of para-hydroxylation sites is 1. The maximum atomic E-state index is 13.0. The number of piperazine rings is 1. The molecule has 26 heavy (non-hydrogen) atoms. The summed E-state index contributed by atoms with van der Waals surface area (Å²) in [5.41, 5.74) is 2.81. The van der Waals surface area contributed by atoms with Crippen molar-refractivity contribution in [2.45, 2.75) is 50.5 Å². The van der Waals surface area contributed by atoms with Gasteiger partial charge in [0, 0.05) is 56.9 Å². The van der Waals surface area contributed by atoms with Crippen molar-refractivity contribution in [3.05, 3.63) is 29.8 Å². The second-order valence-corrected chi connectivity index (χ2v) is 8.65.